The second kappa shape index (κ2) is 6.38. The molecule has 2 nitrogen and oxygen atoms in total. The first kappa shape index (κ1) is 12.1. The second-order valence-electron chi connectivity index (χ2n) is 4.76. The van der Waals surface area contributed by atoms with Gasteiger partial charge in [0.2, 0.25) is 0 Å². The van der Waals surface area contributed by atoms with E-state index in [4.69, 9.17) is 5.84 Å². The van der Waals surface area contributed by atoms with E-state index in [2.05, 4.69) is 22.9 Å². The minimum Gasteiger partial charge on any atom is -0.271 e. The van der Waals surface area contributed by atoms with E-state index in [1.165, 1.54) is 49.8 Å². The molecule has 1 aromatic rings. The molecule has 1 aromatic heterocycles. The van der Waals surface area contributed by atoms with Crippen LogP contribution in [0.3, 0.4) is 0 Å². The molecule has 3 N–H and O–H groups in total. The maximum Gasteiger partial charge on any atom is 0.0581 e. The third-order valence-electron chi connectivity index (χ3n) is 3.65. The summed E-state index contributed by atoms with van der Waals surface area (Å²) in [5.74, 6) is 6.47. The number of hydrogen-bond donors (Lipinski definition) is 2. The third kappa shape index (κ3) is 3.06. The van der Waals surface area contributed by atoms with Gasteiger partial charge in [-0.25, -0.2) is 0 Å². The molecule has 0 radical (unpaired) electrons. The lowest BCUT2D eigenvalue weighted by Crippen LogP contribution is -2.33. The number of rotatable bonds is 3. The molecule has 0 aliphatic heterocycles. The Morgan fingerprint density at radius 1 is 1.19 bits per heavy atom. The first-order valence-electron chi connectivity index (χ1n) is 6.41. The van der Waals surface area contributed by atoms with Crippen LogP contribution in [0.25, 0.3) is 0 Å². The summed E-state index contributed by atoms with van der Waals surface area (Å²) >= 11 is 1.82. The quantitative estimate of drug-likeness (QED) is 0.623. The largest absolute Gasteiger partial charge is 0.271 e. The van der Waals surface area contributed by atoms with E-state index in [0.717, 1.165) is 5.92 Å². The molecule has 16 heavy (non-hydrogen) atoms. The Hall–Kier alpha value is -0.380. The van der Waals surface area contributed by atoms with Gasteiger partial charge in [-0.05, 0) is 30.2 Å². The van der Waals surface area contributed by atoms with E-state index < -0.39 is 0 Å². The number of hydrazine groups is 1. The molecule has 0 saturated heterocycles. The zero-order valence-corrected chi connectivity index (χ0v) is 10.6. The molecule has 0 amide bonds. The van der Waals surface area contributed by atoms with Gasteiger partial charge in [0.15, 0.2) is 0 Å². The molecule has 1 aliphatic carbocycles. The first-order valence-corrected chi connectivity index (χ1v) is 7.29. The van der Waals surface area contributed by atoms with Gasteiger partial charge in [0.05, 0.1) is 6.04 Å². The average molecular weight is 238 g/mol. The summed E-state index contributed by atoms with van der Waals surface area (Å²) in [6, 6.07) is 4.69. The SMILES string of the molecule is NNC(c1cccs1)C1CCCCCCC1. The number of nitrogens with one attached hydrogen (secondary N) is 1. The van der Waals surface area contributed by atoms with Crippen molar-refractivity contribution in [1.29, 1.82) is 0 Å². The molecule has 2 rings (SSSR count). The number of hydrogen-bond acceptors (Lipinski definition) is 3. The Morgan fingerprint density at radius 2 is 1.88 bits per heavy atom. The predicted molar refractivity (Wildman–Crippen MR) is 70.2 cm³/mol. The number of nitrogens with two attached hydrogens (primary N) is 1. The fourth-order valence-electron chi connectivity index (χ4n) is 2.74. The zero-order chi connectivity index (χ0) is 11.2. The van der Waals surface area contributed by atoms with Crippen molar-refractivity contribution in [1.82, 2.24) is 5.43 Å². The van der Waals surface area contributed by atoms with Gasteiger partial charge in [0.25, 0.3) is 0 Å². The van der Waals surface area contributed by atoms with Crippen LogP contribution in [0.15, 0.2) is 17.5 Å². The molecule has 1 unspecified atom stereocenters. The van der Waals surface area contributed by atoms with E-state index in [9.17, 15) is 0 Å². The highest BCUT2D eigenvalue weighted by atomic mass is 32.1. The van der Waals surface area contributed by atoms with Crippen molar-refractivity contribution in [3.63, 3.8) is 0 Å². The zero-order valence-electron chi connectivity index (χ0n) is 9.82. The topological polar surface area (TPSA) is 38.0 Å². The van der Waals surface area contributed by atoms with Crippen molar-refractivity contribution in [2.45, 2.75) is 51.0 Å². The monoisotopic (exact) mass is 238 g/mol. The lowest BCUT2D eigenvalue weighted by molar-refractivity contribution is 0.293. The van der Waals surface area contributed by atoms with Gasteiger partial charge < -0.3 is 0 Å². The molecule has 1 aliphatic rings. The highest BCUT2D eigenvalue weighted by Gasteiger charge is 2.23. The van der Waals surface area contributed by atoms with E-state index in [1.807, 2.05) is 11.3 Å². The smallest absolute Gasteiger partial charge is 0.0581 e. The predicted octanol–water partition coefficient (Wildman–Crippen LogP) is 3.61. The lowest BCUT2D eigenvalue weighted by atomic mass is 9.85. The Morgan fingerprint density at radius 3 is 2.44 bits per heavy atom. The highest BCUT2D eigenvalue weighted by Crippen LogP contribution is 2.34. The van der Waals surface area contributed by atoms with Crippen LogP contribution >= 0.6 is 11.3 Å². The summed E-state index contributed by atoms with van der Waals surface area (Å²) in [7, 11) is 0. The van der Waals surface area contributed by atoms with Crippen molar-refractivity contribution in [3.05, 3.63) is 22.4 Å². The van der Waals surface area contributed by atoms with Crippen LogP contribution in [0.2, 0.25) is 0 Å². The molecule has 1 atom stereocenters. The first-order chi connectivity index (χ1) is 7.92. The Labute approximate surface area is 102 Å². The maximum absolute atomic E-state index is 5.74. The molecule has 0 aromatic carbocycles. The van der Waals surface area contributed by atoms with Crippen LogP contribution in [0.4, 0.5) is 0 Å². The van der Waals surface area contributed by atoms with Crippen LogP contribution in [0.5, 0.6) is 0 Å². The van der Waals surface area contributed by atoms with Crippen LogP contribution in [0, 0.1) is 5.92 Å². The van der Waals surface area contributed by atoms with Crippen molar-refractivity contribution in [3.8, 4) is 0 Å². The van der Waals surface area contributed by atoms with Gasteiger partial charge in [-0.1, -0.05) is 38.2 Å². The summed E-state index contributed by atoms with van der Waals surface area (Å²) in [6.07, 6.45) is 9.62. The van der Waals surface area contributed by atoms with Gasteiger partial charge in [-0.2, -0.15) is 0 Å². The molecule has 0 spiro atoms. The fourth-order valence-corrected chi connectivity index (χ4v) is 3.62. The summed E-state index contributed by atoms with van der Waals surface area (Å²) in [5.41, 5.74) is 3.03. The normalized spacial score (nSPS) is 21.3. The fraction of sp³-hybridized carbons (Fsp3) is 0.692. The molecule has 1 fully saturated rings. The molecule has 1 saturated carbocycles. The Bertz CT molecular complexity index is 276. The second-order valence-corrected chi connectivity index (χ2v) is 5.74. The van der Waals surface area contributed by atoms with Gasteiger partial charge in [0.1, 0.15) is 0 Å². The highest BCUT2D eigenvalue weighted by molar-refractivity contribution is 7.10. The van der Waals surface area contributed by atoms with Crippen molar-refractivity contribution in [2.24, 2.45) is 11.8 Å². The summed E-state index contributed by atoms with van der Waals surface area (Å²) in [4.78, 5) is 1.40. The Kier molecular flexibility index (Phi) is 4.82. The third-order valence-corrected chi connectivity index (χ3v) is 4.61. The minimum absolute atomic E-state index is 0.373. The minimum atomic E-state index is 0.373. The maximum atomic E-state index is 5.74. The van der Waals surface area contributed by atoms with Crippen molar-refractivity contribution in [2.75, 3.05) is 0 Å². The van der Waals surface area contributed by atoms with Gasteiger partial charge in [-0.15, -0.1) is 11.3 Å². The van der Waals surface area contributed by atoms with Crippen molar-refractivity contribution < 1.29 is 0 Å². The summed E-state index contributed by atoms with van der Waals surface area (Å²) in [5, 5.41) is 2.14. The van der Waals surface area contributed by atoms with Crippen LogP contribution in [0.1, 0.15) is 55.9 Å². The molecule has 1 heterocycles. The van der Waals surface area contributed by atoms with Crippen LogP contribution < -0.4 is 11.3 Å². The summed E-state index contributed by atoms with van der Waals surface area (Å²) < 4.78 is 0. The van der Waals surface area contributed by atoms with Crippen LogP contribution in [-0.4, -0.2) is 0 Å². The average Bonchev–Trinajstić information content (AvgIpc) is 2.75. The van der Waals surface area contributed by atoms with Crippen LogP contribution in [-0.2, 0) is 0 Å². The number of thiophene rings is 1. The molecular weight excluding hydrogens is 216 g/mol. The van der Waals surface area contributed by atoms with Gasteiger partial charge >= 0.3 is 0 Å². The Balaban J connectivity index is 2.01. The van der Waals surface area contributed by atoms with Gasteiger partial charge in [0, 0.05) is 4.88 Å². The van der Waals surface area contributed by atoms with E-state index in [-0.39, 0.29) is 0 Å². The summed E-state index contributed by atoms with van der Waals surface area (Å²) in [6.45, 7) is 0. The van der Waals surface area contributed by atoms with E-state index >= 15 is 0 Å². The standard InChI is InChI=1S/C13H22N2S/c14-15-13(12-9-6-10-16-12)11-7-4-2-1-3-5-8-11/h6,9-11,13,15H,1-5,7-8,14H2. The van der Waals surface area contributed by atoms with Gasteiger partial charge in [-0.3, -0.25) is 11.3 Å². The molecular formula is C13H22N2S. The van der Waals surface area contributed by atoms with E-state index in [1.54, 1.807) is 0 Å². The van der Waals surface area contributed by atoms with E-state index in [0.29, 0.717) is 6.04 Å². The molecule has 3 heteroatoms. The molecule has 90 valence electrons. The lowest BCUT2D eigenvalue weighted by Gasteiger charge is -2.27. The molecule has 0 bridgehead atoms. The van der Waals surface area contributed by atoms with Crippen molar-refractivity contribution >= 4 is 11.3 Å².